The van der Waals surface area contributed by atoms with Gasteiger partial charge >= 0.3 is 15.5 Å². The maximum atomic E-state index is 12.5. The molecule has 0 aliphatic carbocycles. The largest absolute Gasteiger partial charge is 0.511 e. The van der Waals surface area contributed by atoms with Crippen LogP contribution in [0.4, 0.5) is 13.2 Å². The van der Waals surface area contributed by atoms with Gasteiger partial charge in [0.1, 0.15) is 5.75 Å². The molecule has 0 unspecified atom stereocenters. The first kappa shape index (κ1) is 18.5. The smallest absolute Gasteiger partial charge is 0.507 e. The molecule has 0 atom stereocenters. The Bertz CT molecular complexity index is 726. The molecule has 1 aliphatic heterocycles. The van der Waals surface area contributed by atoms with Gasteiger partial charge in [0.2, 0.25) is 0 Å². The van der Waals surface area contributed by atoms with Gasteiger partial charge in [-0.1, -0.05) is 6.07 Å². The Balaban J connectivity index is 1.97. The fourth-order valence-electron chi connectivity index (χ4n) is 2.48. The van der Waals surface area contributed by atoms with Crippen LogP contribution >= 0.6 is 0 Å². The SMILES string of the molecule is Cc1ccc(C(=O)NC2CCN(S(=O)(=O)C(F)(F)F)CC2)c(O)c1. The number of halogens is 3. The number of carbonyl (C=O) groups excluding carboxylic acids is 1. The summed E-state index contributed by atoms with van der Waals surface area (Å²) in [6.45, 7) is 1.09. The highest BCUT2D eigenvalue weighted by molar-refractivity contribution is 7.90. The van der Waals surface area contributed by atoms with Gasteiger partial charge in [0.05, 0.1) is 5.56 Å². The van der Waals surface area contributed by atoms with E-state index in [0.717, 1.165) is 5.56 Å². The number of sulfonamides is 1. The van der Waals surface area contributed by atoms with Crippen LogP contribution in [-0.4, -0.2) is 48.4 Å². The van der Waals surface area contributed by atoms with E-state index in [9.17, 15) is 31.5 Å². The Morgan fingerprint density at radius 3 is 2.38 bits per heavy atom. The molecule has 0 radical (unpaired) electrons. The van der Waals surface area contributed by atoms with Crippen LogP contribution in [-0.2, 0) is 10.0 Å². The predicted octanol–water partition coefficient (Wildman–Crippen LogP) is 1.74. The van der Waals surface area contributed by atoms with Crippen molar-refractivity contribution in [1.82, 2.24) is 9.62 Å². The molecule has 0 saturated carbocycles. The molecule has 1 aromatic rings. The van der Waals surface area contributed by atoms with Crippen LogP contribution in [0.1, 0.15) is 28.8 Å². The Kier molecular flexibility index (Phi) is 5.09. The molecule has 24 heavy (non-hydrogen) atoms. The molecule has 0 bridgehead atoms. The number of piperidine rings is 1. The van der Waals surface area contributed by atoms with Crippen molar-refractivity contribution in [2.75, 3.05) is 13.1 Å². The van der Waals surface area contributed by atoms with Crippen LogP contribution in [0.3, 0.4) is 0 Å². The van der Waals surface area contributed by atoms with Crippen molar-refractivity contribution < 1.29 is 31.5 Å². The van der Waals surface area contributed by atoms with Crippen molar-refractivity contribution in [2.45, 2.75) is 31.3 Å². The molecule has 0 aromatic heterocycles. The van der Waals surface area contributed by atoms with Crippen molar-refractivity contribution in [3.8, 4) is 5.75 Å². The van der Waals surface area contributed by atoms with E-state index in [4.69, 9.17) is 0 Å². The number of aromatic hydroxyl groups is 1. The fraction of sp³-hybridized carbons (Fsp3) is 0.500. The molecule has 1 fully saturated rings. The van der Waals surface area contributed by atoms with Gasteiger partial charge in [0, 0.05) is 19.1 Å². The second kappa shape index (κ2) is 6.60. The monoisotopic (exact) mass is 366 g/mol. The summed E-state index contributed by atoms with van der Waals surface area (Å²) in [5.74, 6) is -0.741. The molecule has 2 N–H and O–H groups in total. The number of nitrogens with one attached hydrogen (secondary N) is 1. The number of aryl methyl sites for hydroxylation is 1. The topological polar surface area (TPSA) is 86.7 Å². The minimum Gasteiger partial charge on any atom is -0.507 e. The molecule has 1 aliphatic rings. The van der Waals surface area contributed by atoms with Gasteiger partial charge in [-0.3, -0.25) is 4.79 Å². The lowest BCUT2D eigenvalue weighted by atomic mass is 10.1. The van der Waals surface area contributed by atoms with Gasteiger partial charge in [0.25, 0.3) is 5.91 Å². The summed E-state index contributed by atoms with van der Waals surface area (Å²) in [6, 6.07) is 4.06. The first-order chi connectivity index (χ1) is 11.0. The zero-order valence-corrected chi connectivity index (χ0v) is 13.6. The van der Waals surface area contributed by atoms with Gasteiger partial charge in [-0.15, -0.1) is 0 Å². The number of amides is 1. The maximum Gasteiger partial charge on any atom is 0.511 e. The third-order valence-electron chi connectivity index (χ3n) is 3.82. The number of carbonyl (C=O) groups is 1. The Labute approximate surface area is 137 Å². The van der Waals surface area contributed by atoms with Crippen molar-refractivity contribution in [3.63, 3.8) is 0 Å². The minimum atomic E-state index is -5.33. The second-order valence-electron chi connectivity index (χ2n) is 5.62. The van der Waals surface area contributed by atoms with E-state index >= 15 is 0 Å². The molecule has 1 aromatic carbocycles. The Morgan fingerprint density at radius 2 is 1.88 bits per heavy atom. The lowest BCUT2D eigenvalue weighted by Gasteiger charge is -2.31. The Hall–Kier alpha value is -1.81. The highest BCUT2D eigenvalue weighted by atomic mass is 32.2. The predicted molar refractivity (Wildman–Crippen MR) is 79.9 cm³/mol. The first-order valence-electron chi connectivity index (χ1n) is 7.19. The van der Waals surface area contributed by atoms with Crippen molar-refractivity contribution >= 4 is 15.9 Å². The third-order valence-corrected chi connectivity index (χ3v) is 5.45. The van der Waals surface area contributed by atoms with E-state index in [1.807, 2.05) is 0 Å². The average Bonchev–Trinajstić information content (AvgIpc) is 2.46. The number of phenolic OH excluding ortho intramolecular Hbond substituents is 1. The van der Waals surface area contributed by atoms with E-state index in [1.165, 1.54) is 12.1 Å². The summed E-state index contributed by atoms with van der Waals surface area (Å²) in [4.78, 5) is 12.1. The number of hydrogen-bond donors (Lipinski definition) is 2. The number of rotatable bonds is 3. The first-order valence-corrected chi connectivity index (χ1v) is 8.63. The van der Waals surface area contributed by atoms with Crippen molar-refractivity contribution in [2.24, 2.45) is 0 Å². The molecule has 6 nitrogen and oxygen atoms in total. The summed E-state index contributed by atoms with van der Waals surface area (Å²) >= 11 is 0. The van der Waals surface area contributed by atoms with E-state index in [-0.39, 0.29) is 37.2 Å². The highest BCUT2D eigenvalue weighted by Gasteiger charge is 2.50. The number of phenols is 1. The van der Waals surface area contributed by atoms with Crippen LogP contribution in [0.2, 0.25) is 0 Å². The summed E-state index contributed by atoms with van der Waals surface area (Å²) in [7, 11) is -5.33. The standard InChI is InChI=1S/C14H17F3N2O4S/c1-9-2-3-11(12(20)8-9)13(21)18-10-4-6-19(7-5-10)24(22,23)14(15,16)17/h2-3,8,10,20H,4-7H2,1H3,(H,18,21). The zero-order chi connectivity index (χ0) is 18.1. The molecule has 1 amide bonds. The van der Waals surface area contributed by atoms with Crippen LogP contribution in [0.15, 0.2) is 18.2 Å². The summed E-state index contributed by atoms with van der Waals surface area (Å²) in [5, 5.41) is 12.4. The van der Waals surface area contributed by atoms with E-state index < -0.39 is 27.5 Å². The molecular formula is C14H17F3N2O4S. The molecule has 134 valence electrons. The molecule has 1 saturated heterocycles. The van der Waals surface area contributed by atoms with Crippen molar-refractivity contribution in [1.29, 1.82) is 0 Å². The van der Waals surface area contributed by atoms with E-state index in [0.29, 0.717) is 4.31 Å². The van der Waals surface area contributed by atoms with Gasteiger partial charge in [0.15, 0.2) is 0 Å². The summed E-state index contributed by atoms with van der Waals surface area (Å²) in [5.41, 5.74) is -4.49. The zero-order valence-electron chi connectivity index (χ0n) is 12.8. The van der Waals surface area contributed by atoms with Crippen molar-refractivity contribution in [3.05, 3.63) is 29.3 Å². The van der Waals surface area contributed by atoms with Gasteiger partial charge in [-0.2, -0.15) is 17.5 Å². The Morgan fingerprint density at radius 1 is 1.29 bits per heavy atom. The summed E-state index contributed by atoms with van der Waals surface area (Å²) in [6.07, 6.45) is 0.126. The fourth-order valence-corrected chi connectivity index (χ4v) is 3.47. The van der Waals surface area contributed by atoms with Crippen LogP contribution in [0.5, 0.6) is 5.75 Å². The maximum absolute atomic E-state index is 12.5. The third kappa shape index (κ3) is 3.81. The number of alkyl halides is 3. The highest BCUT2D eigenvalue weighted by Crippen LogP contribution is 2.29. The minimum absolute atomic E-state index is 0.0611. The van der Waals surface area contributed by atoms with Gasteiger partial charge in [-0.25, -0.2) is 8.42 Å². The van der Waals surface area contributed by atoms with E-state index in [1.54, 1.807) is 13.0 Å². The van der Waals surface area contributed by atoms with Gasteiger partial charge in [-0.05, 0) is 37.5 Å². The number of hydrogen-bond acceptors (Lipinski definition) is 4. The lowest BCUT2D eigenvalue weighted by molar-refractivity contribution is -0.0495. The number of nitrogens with zero attached hydrogens (tertiary/aromatic N) is 1. The second-order valence-corrected chi connectivity index (χ2v) is 7.55. The normalized spacial score (nSPS) is 17.7. The van der Waals surface area contributed by atoms with Crippen LogP contribution in [0, 0.1) is 6.92 Å². The van der Waals surface area contributed by atoms with E-state index in [2.05, 4.69) is 5.32 Å². The molecule has 10 heteroatoms. The molecule has 0 spiro atoms. The number of benzene rings is 1. The van der Waals surface area contributed by atoms with Crippen LogP contribution < -0.4 is 5.32 Å². The molecule has 1 heterocycles. The summed E-state index contributed by atoms with van der Waals surface area (Å²) < 4.78 is 60.5. The quantitative estimate of drug-likeness (QED) is 0.853. The van der Waals surface area contributed by atoms with Gasteiger partial charge < -0.3 is 10.4 Å². The molecular weight excluding hydrogens is 349 g/mol. The lowest BCUT2D eigenvalue weighted by Crippen LogP contribution is -2.49. The average molecular weight is 366 g/mol. The molecule has 2 rings (SSSR count). The van der Waals surface area contributed by atoms with Crippen LogP contribution in [0.25, 0.3) is 0 Å².